The first-order valence-electron chi connectivity index (χ1n) is 19.6. The standard InChI is InChI=1S/C40H53F2N5O9S/c1-7-24-18-23(2)12-8-9-13-25-20-40(25,36(50)45-57(53,54)27-16-17-27)44-33(48)30-19-26(56-34-29-15-11-10-14-28(29)31(55-6)21-43-34)22-46(30)35(49)32(24)47(37(51)52)38(3,4)39(5,41)42/h9-11,13-15,21,23-27,30,32H,7-8,12,16-20,22H2,1-6H3,(H,44,48)(H,45,50)(H,51,52)/b13-9-/t23-,24+,25+,26+,30-,32-,40+/m0/s1. The molecule has 2 saturated carbocycles. The molecular weight excluding hydrogens is 765 g/mol. The van der Waals surface area contributed by atoms with Gasteiger partial charge >= 0.3 is 6.09 Å². The molecule has 1 aromatic carbocycles. The van der Waals surface area contributed by atoms with E-state index in [9.17, 15) is 27.9 Å². The lowest BCUT2D eigenvalue weighted by molar-refractivity contribution is -0.157. The number of halogens is 2. The Morgan fingerprint density at radius 1 is 1.12 bits per heavy atom. The molecule has 0 spiro atoms. The van der Waals surface area contributed by atoms with Crippen LogP contribution in [0.25, 0.3) is 10.8 Å². The van der Waals surface area contributed by atoms with Crippen LogP contribution < -0.4 is 19.5 Å². The lowest BCUT2D eigenvalue weighted by Gasteiger charge is -2.47. The zero-order valence-electron chi connectivity index (χ0n) is 33.2. The number of nitrogens with one attached hydrogen (secondary N) is 2. The molecule has 1 aromatic heterocycles. The van der Waals surface area contributed by atoms with Gasteiger partial charge in [0.1, 0.15) is 35.0 Å². The number of alkyl halides is 2. The molecule has 2 aromatic rings. The average Bonchev–Trinajstić information content (AvgIpc) is 4.07. The highest BCUT2D eigenvalue weighted by Crippen LogP contribution is 2.47. The highest BCUT2D eigenvalue weighted by atomic mass is 32.2. The molecule has 57 heavy (non-hydrogen) atoms. The molecule has 4 amide bonds. The van der Waals surface area contributed by atoms with E-state index >= 15 is 13.6 Å². The maximum atomic E-state index is 15.4. The van der Waals surface area contributed by atoms with Gasteiger partial charge < -0.3 is 24.8 Å². The Labute approximate surface area is 331 Å². The maximum Gasteiger partial charge on any atom is 0.408 e. The van der Waals surface area contributed by atoms with Crippen molar-refractivity contribution in [3.63, 3.8) is 0 Å². The number of carboxylic acid groups (broad SMARTS) is 1. The van der Waals surface area contributed by atoms with Crippen LogP contribution in [0.5, 0.6) is 11.6 Å². The summed E-state index contributed by atoms with van der Waals surface area (Å²) in [6.45, 7) is 6.23. The normalized spacial score (nSPS) is 29.2. The van der Waals surface area contributed by atoms with Gasteiger partial charge in [0, 0.05) is 30.0 Å². The van der Waals surface area contributed by atoms with Crippen molar-refractivity contribution in [2.45, 2.75) is 126 Å². The van der Waals surface area contributed by atoms with Crippen LogP contribution in [0.15, 0.2) is 42.6 Å². The molecule has 6 rings (SSSR count). The van der Waals surface area contributed by atoms with Gasteiger partial charge in [-0.05, 0) is 70.3 Å². The maximum absolute atomic E-state index is 15.4. The molecule has 3 N–H and O–H groups in total. The van der Waals surface area contributed by atoms with E-state index in [-0.39, 0.29) is 37.6 Å². The second-order valence-electron chi connectivity index (χ2n) is 16.7. The van der Waals surface area contributed by atoms with Gasteiger partial charge in [0.25, 0.3) is 11.8 Å². The lowest BCUT2D eigenvalue weighted by Crippen LogP contribution is -2.67. The molecule has 4 aliphatic rings. The Morgan fingerprint density at radius 3 is 2.42 bits per heavy atom. The summed E-state index contributed by atoms with van der Waals surface area (Å²) in [5.74, 6) is -6.83. The Morgan fingerprint density at radius 2 is 1.81 bits per heavy atom. The van der Waals surface area contributed by atoms with Crippen molar-refractivity contribution in [2.24, 2.45) is 17.8 Å². The molecule has 0 unspecified atom stereocenters. The first kappa shape index (κ1) is 42.1. The predicted octanol–water partition coefficient (Wildman–Crippen LogP) is 5.26. The van der Waals surface area contributed by atoms with Crippen LogP contribution in [-0.2, 0) is 24.4 Å². The number of hydrogen-bond donors (Lipinski definition) is 3. The van der Waals surface area contributed by atoms with E-state index in [1.807, 2.05) is 25.1 Å². The van der Waals surface area contributed by atoms with Crippen molar-refractivity contribution in [3.8, 4) is 11.6 Å². The van der Waals surface area contributed by atoms with E-state index in [1.165, 1.54) is 18.2 Å². The van der Waals surface area contributed by atoms with E-state index < -0.39 is 86.1 Å². The minimum absolute atomic E-state index is 0.0866. The number of hydrogen-bond acceptors (Lipinski definition) is 9. The monoisotopic (exact) mass is 817 g/mol. The van der Waals surface area contributed by atoms with Crippen LogP contribution in [0.4, 0.5) is 13.6 Å². The first-order valence-corrected chi connectivity index (χ1v) is 21.1. The first-order chi connectivity index (χ1) is 26.8. The van der Waals surface area contributed by atoms with E-state index in [4.69, 9.17) is 9.47 Å². The highest BCUT2D eigenvalue weighted by molar-refractivity contribution is 7.91. The number of aromatic nitrogens is 1. The fourth-order valence-corrected chi connectivity index (χ4v) is 9.67. The van der Waals surface area contributed by atoms with Gasteiger partial charge in [-0.25, -0.2) is 27.0 Å². The van der Waals surface area contributed by atoms with Crippen molar-refractivity contribution in [3.05, 3.63) is 42.6 Å². The van der Waals surface area contributed by atoms with Crippen molar-refractivity contribution in [2.75, 3.05) is 13.7 Å². The second-order valence-corrected chi connectivity index (χ2v) is 18.6. The number of carbonyl (C=O) groups excluding carboxylic acids is 3. The zero-order valence-corrected chi connectivity index (χ0v) is 34.0. The van der Waals surface area contributed by atoms with Crippen LogP contribution in [0.2, 0.25) is 0 Å². The molecule has 2 aliphatic heterocycles. The lowest BCUT2D eigenvalue weighted by atomic mass is 9.81. The average molecular weight is 818 g/mol. The predicted molar refractivity (Wildman–Crippen MR) is 206 cm³/mol. The van der Waals surface area contributed by atoms with E-state index in [1.54, 1.807) is 25.1 Å². The van der Waals surface area contributed by atoms with Crippen LogP contribution in [-0.4, -0.2) is 106 Å². The SMILES string of the molecule is CC[C@@H]1C[C@@H](C)CC/C=C\[C@@H]2C[C@@]2(C(=O)NS(=O)(=O)C2CC2)NC(=O)[C@@H]2C[C@@H](Oc3ncc(OC)c4ccccc34)CN2C(=O)[C@H]1N(C(=O)O)C(C)(C)C(C)(F)F. The number of ether oxygens (including phenoxy) is 2. The zero-order chi connectivity index (χ0) is 41.7. The number of fused-ring (bicyclic) bond motifs is 3. The number of pyridine rings is 1. The fourth-order valence-electron chi connectivity index (χ4n) is 8.30. The van der Waals surface area contributed by atoms with Crippen molar-refractivity contribution in [1.29, 1.82) is 0 Å². The molecule has 2 aliphatic carbocycles. The minimum atomic E-state index is -3.99. The number of allylic oxidation sites excluding steroid dienone is 1. The van der Waals surface area contributed by atoms with Crippen LogP contribution >= 0.6 is 0 Å². The van der Waals surface area contributed by atoms with Crippen molar-refractivity contribution in [1.82, 2.24) is 24.8 Å². The summed E-state index contributed by atoms with van der Waals surface area (Å²) in [5, 5.41) is 14.0. The van der Waals surface area contributed by atoms with E-state index in [0.29, 0.717) is 60.4 Å². The Bertz CT molecular complexity index is 2040. The third-order valence-electron chi connectivity index (χ3n) is 12.3. The minimum Gasteiger partial charge on any atom is -0.494 e. The van der Waals surface area contributed by atoms with Gasteiger partial charge in [0.05, 0.1) is 25.1 Å². The third kappa shape index (κ3) is 8.26. The summed E-state index contributed by atoms with van der Waals surface area (Å²) in [6.07, 6.45) is 5.00. The van der Waals surface area contributed by atoms with Crippen LogP contribution in [0.3, 0.4) is 0 Å². The van der Waals surface area contributed by atoms with E-state index in [2.05, 4.69) is 15.0 Å². The molecule has 0 bridgehead atoms. The van der Waals surface area contributed by atoms with Gasteiger partial charge in [0.15, 0.2) is 0 Å². The number of amides is 4. The van der Waals surface area contributed by atoms with Crippen molar-refractivity contribution < 1.29 is 51.0 Å². The number of carbonyl (C=O) groups is 4. The third-order valence-corrected chi connectivity index (χ3v) is 14.1. The summed E-state index contributed by atoms with van der Waals surface area (Å²) in [7, 11) is -2.49. The smallest absolute Gasteiger partial charge is 0.408 e. The summed E-state index contributed by atoms with van der Waals surface area (Å²) >= 11 is 0. The number of nitrogens with zero attached hydrogens (tertiary/aromatic N) is 3. The topological polar surface area (TPSA) is 185 Å². The Balaban J connectivity index is 1.44. The molecule has 7 atom stereocenters. The van der Waals surface area contributed by atoms with Gasteiger partial charge in [0.2, 0.25) is 27.7 Å². The Kier molecular flexibility index (Phi) is 11.6. The molecule has 17 heteroatoms. The molecule has 3 fully saturated rings. The highest BCUT2D eigenvalue weighted by Gasteiger charge is 2.63. The largest absolute Gasteiger partial charge is 0.494 e. The summed E-state index contributed by atoms with van der Waals surface area (Å²) in [4.78, 5) is 63.0. The summed E-state index contributed by atoms with van der Waals surface area (Å²) in [5.41, 5.74) is -4.01. The molecule has 14 nitrogen and oxygen atoms in total. The number of methoxy groups -OCH3 is 1. The number of sulfonamides is 1. The van der Waals surface area contributed by atoms with Crippen LogP contribution in [0.1, 0.15) is 86.0 Å². The van der Waals surface area contributed by atoms with Gasteiger partial charge in [-0.2, -0.15) is 0 Å². The summed E-state index contributed by atoms with van der Waals surface area (Å²) < 4.78 is 70.7. The molecule has 1 saturated heterocycles. The number of rotatable bonds is 10. The van der Waals surface area contributed by atoms with Gasteiger partial charge in [-0.1, -0.05) is 50.6 Å². The Hall–Kier alpha value is -4.54. The van der Waals surface area contributed by atoms with Gasteiger partial charge in [-0.15, -0.1) is 0 Å². The molecular formula is C40H53F2N5O9S. The number of benzene rings is 1. The second kappa shape index (κ2) is 15.7. The molecule has 3 heterocycles. The van der Waals surface area contributed by atoms with E-state index in [0.717, 1.165) is 13.8 Å². The quantitative estimate of drug-likeness (QED) is 0.268. The van der Waals surface area contributed by atoms with Crippen molar-refractivity contribution >= 4 is 44.6 Å². The fraction of sp³-hybridized carbons (Fsp3) is 0.625. The van der Waals surface area contributed by atoms with Gasteiger partial charge in [-0.3, -0.25) is 24.0 Å². The molecule has 0 radical (unpaired) electrons. The summed E-state index contributed by atoms with van der Waals surface area (Å²) in [6, 6.07) is 4.17. The van der Waals surface area contributed by atoms with Crippen LogP contribution in [0, 0.1) is 17.8 Å². The molecule has 312 valence electrons.